The number of nitrogens with one attached hydrogen (secondary N) is 1. The predicted octanol–water partition coefficient (Wildman–Crippen LogP) is 3.71. The summed E-state index contributed by atoms with van der Waals surface area (Å²) in [6.07, 6.45) is 7.63. The van der Waals surface area contributed by atoms with Crippen molar-refractivity contribution in [1.29, 1.82) is 0 Å². The Balaban J connectivity index is 2.01. The van der Waals surface area contributed by atoms with Crippen molar-refractivity contribution in [2.45, 2.75) is 51.9 Å². The van der Waals surface area contributed by atoms with Crippen molar-refractivity contribution in [3.05, 3.63) is 35.9 Å². The zero-order valence-corrected chi connectivity index (χ0v) is 11.5. The van der Waals surface area contributed by atoms with E-state index in [0.717, 1.165) is 19.4 Å². The molecule has 0 heterocycles. The van der Waals surface area contributed by atoms with Crippen LogP contribution in [0.1, 0.15) is 51.0 Å². The van der Waals surface area contributed by atoms with Crippen molar-refractivity contribution < 1.29 is 4.79 Å². The predicted molar refractivity (Wildman–Crippen MR) is 76.5 cm³/mol. The molecule has 0 aromatic heterocycles. The summed E-state index contributed by atoms with van der Waals surface area (Å²) in [5.74, 6) is 0.175. The fourth-order valence-electron chi connectivity index (χ4n) is 1.95. The van der Waals surface area contributed by atoms with Crippen LogP contribution in [0.3, 0.4) is 0 Å². The van der Waals surface area contributed by atoms with Crippen LogP contribution in [0.2, 0.25) is 0 Å². The average molecular weight is 247 g/mol. The minimum Gasteiger partial charge on any atom is -0.356 e. The highest BCUT2D eigenvalue weighted by atomic mass is 16.1. The molecule has 0 radical (unpaired) electrons. The minimum absolute atomic E-state index is 0.175. The second kappa shape index (κ2) is 9.69. The van der Waals surface area contributed by atoms with Gasteiger partial charge < -0.3 is 5.32 Å². The van der Waals surface area contributed by atoms with Crippen LogP contribution >= 0.6 is 0 Å². The van der Waals surface area contributed by atoms with Crippen molar-refractivity contribution in [3.63, 3.8) is 0 Å². The smallest absolute Gasteiger partial charge is 0.220 e. The Labute approximate surface area is 111 Å². The maximum atomic E-state index is 11.6. The fraction of sp³-hybridized carbons (Fsp3) is 0.562. The van der Waals surface area contributed by atoms with E-state index in [2.05, 4.69) is 24.4 Å². The summed E-state index contributed by atoms with van der Waals surface area (Å²) in [5.41, 5.74) is 1.23. The Bertz CT molecular complexity index is 321. The molecule has 0 aliphatic carbocycles. The monoisotopic (exact) mass is 247 g/mol. The number of hydrogen-bond acceptors (Lipinski definition) is 1. The number of carbonyl (C=O) groups excluding carboxylic acids is 1. The SMILES string of the molecule is CCCCCCCNC(=O)CCc1ccccc1. The van der Waals surface area contributed by atoms with E-state index in [1.807, 2.05) is 18.2 Å². The molecule has 0 atom stereocenters. The molecule has 0 aliphatic rings. The average Bonchev–Trinajstić information content (AvgIpc) is 2.41. The number of benzene rings is 1. The highest BCUT2D eigenvalue weighted by molar-refractivity contribution is 5.76. The molecule has 0 aliphatic heterocycles. The van der Waals surface area contributed by atoms with E-state index in [0.29, 0.717) is 6.42 Å². The third-order valence-electron chi connectivity index (χ3n) is 3.09. The number of unbranched alkanes of at least 4 members (excludes halogenated alkanes) is 4. The topological polar surface area (TPSA) is 29.1 Å². The van der Waals surface area contributed by atoms with E-state index in [-0.39, 0.29) is 5.91 Å². The van der Waals surface area contributed by atoms with Gasteiger partial charge in [-0.05, 0) is 18.4 Å². The Morgan fingerprint density at radius 2 is 1.78 bits per heavy atom. The van der Waals surface area contributed by atoms with Gasteiger partial charge in [-0.2, -0.15) is 0 Å². The van der Waals surface area contributed by atoms with E-state index in [1.54, 1.807) is 0 Å². The lowest BCUT2D eigenvalue weighted by molar-refractivity contribution is -0.121. The number of carbonyl (C=O) groups is 1. The maximum Gasteiger partial charge on any atom is 0.220 e. The first-order valence-electron chi connectivity index (χ1n) is 7.13. The summed E-state index contributed by atoms with van der Waals surface area (Å²) in [7, 11) is 0. The van der Waals surface area contributed by atoms with Crippen LogP contribution in [-0.4, -0.2) is 12.5 Å². The Morgan fingerprint density at radius 3 is 2.50 bits per heavy atom. The summed E-state index contributed by atoms with van der Waals surface area (Å²) >= 11 is 0. The number of rotatable bonds is 9. The van der Waals surface area contributed by atoms with E-state index >= 15 is 0 Å². The molecule has 1 rings (SSSR count). The van der Waals surface area contributed by atoms with Crippen molar-refractivity contribution >= 4 is 5.91 Å². The van der Waals surface area contributed by atoms with Gasteiger partial charge in [-0.3, -0.25) is 4.79 Å². The molecule has 1 amide bonds. The largest absolute Gasteiger partial charge is 0.356 e. The highest BCUT2D eigenvalue weighted by Gasteiger charge is 2.01. The molecule has 0 bridgehead atoms. The van der Waals surface area contributed by atoms with Gasteiger partial charge in [0.05, 0.1) is 0 Å². The highest BCUT2D eigenvalue weighted by Crippen LogP contribution is 2.03. The molecular weight excluding hydrogens is 222 g/mol. The molecule has 1 aromatic rings. The quantitative estimate of drug-likeness (QED) is 0.662. The molecule has 0 saturated heterocycles. The Morgan fingerprint density at radius 1 is 1.06 bits per heavy atom. The van der Waals surface area contributed by atoms with E-state index in [1.165, 1.54) is 31.2 Å². The molecule has 100 valence electrons. The van der Waals surface area contributed by atoms with Gasteiger partial charge in [-0.15, -0.1) is 0 Å². The number of amides is 1. The Hall–Kier alpha value is -1.31. The summed E-state index contributed by atoms with van der Waals surface area (Å²) in [6, 6.07) is 10.2. The van der Waals surface area contributed by atoms with Crippen LogP contribution < -0.4 is 5.32 Å². The van der Waals surface area contributed by atoms with Crippen LogP contribution in [0.15, 0.2) is 30.3 Å². The van der Waals surface area contributed by atoms with E-state index in [4.69, 9.17) is 0 Å². The lowest BCUT2D eigenvalue weighted by Gasteiger charge is -2.05. The summed E-state index contributed by atoms with van der Waals surface area (Å²) in [4.78, 5) is 11.6. The normalized spacial score (nSPS) is 10.3. The van der Waals surface area contributed by atoms with Crippen LogP contribution in [-0.2, 0) is 11.2 Å². The van der Waals surface area contributed by atoms with Crippen LogP contribution in [0.25, 0.3) is 0 Å². The van der Waals surface area contributed by atoms with Crippen molar-refractivity contribution in [1.82, 2.24) is 5.32 Å². The zero-order chi connectivity index (χ0) is 13.1. The lowest BCUT2D eigenvalue weighted by Crippen LogP contribution is -2.24. The minimum atomic E-state index is 0.175. The van der Waals surface area contributed by atoms with Gasteiger partial charge in [0.2, 0.25) is 5.91 Å². The third kappa shape index (κ3) is 7.10. The summed E-state index contributed by atoms with van der Waals surface area (Å²) in [6.45, 7) is 3.04. The zero-order valence-electron chi connectivity index (χ0n) is 11.5. The molecule has 0 saturated carbocycles. The lowest BCUT2D eigenvalue weighted by atomic mass is 10.1. The third-order valence-corrected chi connectivity index (χ3v) is 3.09. The molecule has 0 fully saturated rings. The standard InChI is InChI=1S/C16H25NO/c1-2-3-4-5-9-14-17-16(18)13-12-15-10-7-6-8-11-15/h6-8,10-11H,2-5,9,12-14H2,1H3,(H,17,18). The molecule has 1 N–H and O–H groups in total. The molecule has 18 heavy (non-hydrogen) atoms. The molecule has 2 heteroatoms. The van der Waals surface area contributed by atoms with Crippen LogP contribution in [0, 0.1) is 0 Å². The fourth-order valence-corrected chi connectivity index (χ4v) is 1.95. The molecule has 0 spiro atoms. The van der Waals surface area contributed by atoms with Gasteiger partial charge >= 0.3 is 0 Å². The van der Waals surface area contributed by atoms with Gasteiger partial charge in [0.25, 0.3) is 0 Å². The summed E-state index contributed by atoms with van der Waals surface area (Å²) < 4.78 is 0. The van der Waals surface area contributed by atoms with Crippen LogP contribution in [0.4, 0.5) is 0 Å². The van der Waals surface area contributed by atoms with Gasteiger partial charge in [0.1, 0.15) is 0 Å². The van der Waals surface area contributed by atoms with Gasteiger partial charge in [0.15, 0.2) is 0 Å². The van der Waals surface area contributed by atoms with Gasteiger partial charge in [-0.25, -0.2) is 0 Å². The first-order valence-corrected chi connectivity index (χ1v) is 7.13. The van der Waals surface area contributed by atoms with Gasteiger partial charge in [0, 0.05) is 13.0 Å². The van der Waals surface area contributed by atoms with Crippen LogP contribution in [0.5, 0.6) is 0 Å². The molecule has 0 unspecified atom stereocenters. The Kier molecular flexibility index (Phi) is 7.94. The van der Waals surface area contributed by atoms with E-state index in [9.17, 15) is 4.79 Å². The maximum absolute atomic E-state index is 11.6. The van der Waals surface area contributed by atoms with E-state index < -0.39 is 0 Å². The summed E-state index contributed by atoms with van der Waals surface area (Å²) in [5, 5.41) is 2.99. The van der Waals surface area contributed by atoms with Crippen molar-refractivity contribution in [2.75, 3.05) is 6.54 Å². The number of aryl methyl sites for hydroxylation is 1. The molecular formula is C16H25NO. The van der Waals surface area contributed by atoms with Gasteiger partial charge in [-0.1, -0.05) is 62.9 Å². The molecule has 1 aromatic carbocycles. The molecule has 2 nitrogen and oxygen atoms in total. The first-order chi connectivity index (χ1) is 8.83. The second-order valence-corrected chi connectivity index (χ2v) is 4.75. The number of hydrogen-bond donors (Lipinski definition) is 1. The first kappa shape index (κ1) is 14.7. The van der Waals surface area contributed by atoms with Crippen molar-refractivity contribution in [3.8, 4) is 0 Å². The van der Waals surface area contributed by atoms with Crippen molar-refractivity contribution in [2.24, 2.45) is 0 Å². The second-order valence-electron chi connectivity index (χ2n) is 4.75.